The maximum absolute atomic E-state index is 13.0. The highest BCUT2D eigenvalue weighted by Gasteiger charge is 2.28. The molecule has 0 spiro atoms. The fraction of sp³-hybridized carbons (Fsp3) is 0.294. The van der Waals surface area contributed by atoms with Crippen molar-refractivity contribution in [2.24, 2.45) is 0 Å². The first-order valence-corrected chi connectivity index (χ1v) is 11.3. The molecule has 0 aliphatic carbocycles. The lowest BCUT2D eigenvalue weighted by Gasteiger charge is -2.35. The molecule has 1 aliphatic heterocycles. The van der Waals surface area contributed by atoms with Gasteiger partial charge in [0.1, 0.15) is 5.82 Å². The molecule has 1 fully saturated rings. The molecule has 2 aromatic carbocycles. The van der Waals surface area contributed by atoms with Crippen molar-refractivity contribution in [2.45, 2.75) is 9.79 Å². The number of rotatable bonds is 4. The van der Waals surface area contributed by atoms with Gasteiger partial charge in [0.2, 0.25) is 10.0 Å². The van der Waals surface area contributed by atoms with Crippen LogP contribution in [0, 0.1) is 5.82 Å². The molecule has 0 N–H and O–H groups in total. The lowest BCUT2D eigenvalue weighted by Crippen LogP contribution is -2.48. The van der Waals surface area contributed by atoms with Crippen molar-refractivity contribution in [2.75, 3.05) is 37.3 Å². The molecule has 0 bridgehead atoms. The van der Waals surface area contributed by atoms with E-state index in [-0.39, 0.29) is 15.6 Å². The van der Waals surface area contributed by atoms with Crippen molar-refractivity contribution in [1.29, 1.82) is 0 Å². The number of halogens is 1. The lowest BCUT2D eigenvalue weighted by atomic mass is 10.2. The summed E-state index contributed by atoms with van der Waals surface area (Å²) in [6.45, 7) is 1.58. The minimum atomic E-state index is -3.68. The molecule has 3 rings (SSSR count). The highest BCUT2D eigenvalue weighted by Crippen LogP contribution is 2.22. The zero-order valence-corrected chi connectivity index (χ0v) is 15.8. The molecule has 1 heterocycles. The van der Waals surface area contributed by atoms with Crippen molar-refractivity contribution in [1.82, 2.24) is 4.31 Å². The van der Waals surface area contributed by atoms with Crippen LogP contribution in [-0.2, 0) is 19.9 Å². The Bertz CT molecular complexity index is 980. The van der Waals surface area contributed by atoms with Crippen LogP contribution >= 0.6 is 0 Å². The van der Waals surface area contributed by atoms with E-state index in [4.69, 9.17) is 0 Å². The number of hydrogen-bond donors (Lipinski definition) is 0. The lowest BCUT2D eigenvalue weighted by molar-refractivity contribution is 0.385. The second-order valence-corrected chi connectivity index (χ2v) is 10.1. The Morgan fingerprint density at radius 3 is 1.77 bits per heavy atom. The maximum Gasteiger partial charge on any atom is 0.243 e. The first-order chi connectivity index (χ1) is 12.2. The number of nitrogens with zero attached hydrogens (tertiary/aromatic N) is 2. The second kappa shape index (κ2) is 6.98. The minimum absolute atomic E-state index is 0.0696. The third-order valence-electron chi connectivity index (χ3n) is 4.32. The van der Waals surface area contributed by atoms with E-state index in [0.717, 1.165) is 11.9 Å². The molecule has 6 nitrogen and oxygen atoms in total. The maximum atomic E-state index is 13.0. The van der Waals surface area contributed by atoms with E-state index in [2.05, 4.69) is 0 Å². The highest BCUT2D eigenvalue weighted by atomic mass is 32.2. The van der Waals surface area contributed by atoms with Crippen LogP contribution in [0.4, 0.5) is 10.1 Å². The Hall–Kier alpha value is -1.97. The van der Waals surface area contributed by atoms with E-state index in [1.165, 1.54) is 40.7 Å². The summed E-state index contributed by atoms with van der Waals surface area (Å²) < 4.78 is 62.9. The molecule has 0 saturated carbocycles. The highest BCUT2D eigenvalue weighted by molar-refractivity contribution is 7.90. The largest absolute Gasteiger partial charge is 0.369 e. The predicted octanol–water partition coefficient (Wildman–Crippen LogP) is 1.74. The fourth-order valence-electron chi connectivity index (χ4n) is 2.85. The van der Waals surface area contributed by atoms with Gasteiger partial charge in [0, 0.05) is 38.1 Å². The quantitative estimate of drug-likeness (QED) is 0.784. The average molecular weight is 398 g/mol. The molecule has 2 aromatic rings. The van der Waals surface area contributed by atoms with Gasteiger partial charge >= 0.3 is 0 Å². The van der Waals surface area contributed by atoms with E-state index in [1.807, 2.05) is 4.90 Å². The minimum Gasteiger partial charge on any atom is -0.369 e. The summed E-state index contributed by atoms with van der Waals surface area (Å²) >= 11 is 0. The van der Waals surface area contributed by atoms with Crippen LogP contribution in [0.15, 0.2) is 58.3 Å². The topological polar surface area (TPSA) is 74.8 Å². The molecule has 9 heteroatoms. The summed E-state index contributed by atoms with van der Waals surface area (Å²) in [5.74, 6) is -0.312. The number of sulfone groups is 1. The molecule has 0 aromatic heterocycles. The molecule has 26 heavy (non-hydrogen) atoms. The van der Waals surface area contributed by atoms with Gasteiger partial charge in [-0.1, -0.05) is 0 Å². The van der Waals surface area contributed by atoms with Crippen LogP contribution in [0.2, 0.25) is 0 Å². The van der Waals surface area contributed by atoms with E-state index in [9.17, 15) is 21.2 Å². The van der Waals surface area contributed by atoms with Crippen molar-refractivity contribution < 1.29 is 21.2 Å². The van der Waals surface area contributed by atoms with Gasteiger partial charge in [-0.05, 0) is 48.5 Å². The fourth-order valence-corrected chi connectivity index (χ4v) is 4.90. The summed E-state index contributed by atoms with van der Waals surface area (Å²) in [5, 5.41) is 0. The Morgan fingerprint density at radius 1 is 0.769 bits per heavy atom. The summed E-state index contributed by atoms with van der Waals surface area (Å²) in [4.78, 5) is 2.15. The Labute approximate surface area is 152 Å². The standard InChI is InChI=1S/C17H19FN2O4S2/c1-25(21,22)16-6-8-17(9-7-16)26(23,24)20-12-10-19(11-13-20)15-4-2-14(18)3-5-15/h2-9H,10-13H2,1H3. The predicted molar refractivity (Wildman–Crippen MR) is 96.9 cm³/mol. The molecule has 0 unspecified atom stereocenters. The number of piperazine rings is 1. The summed E-state index contributed by atoms with van der Waals surface area (Å²) in [6, 6.07) is 11.3. The molecule has 0 amide bonds. The third kappa shape index (κ3) is 3.89. The molecule has 140 valence electrons. The molecule has 1 aliphatic rings. The van der Waals surface area contributed by atoms with Gasteiger partial charge < -0.3 is 4.90 Å². The summed E-state index contributed by atoms with van der Waals surface area (Å²) in [5.41, 5.74) is 0.848. The van der Waals surface area contributed by atoms with Crippen LogP contribution in [-0.4, -0.2) is 53.6 Å². The van der Waals surface area contributed by atoms with E-state index in [1.54, 1.807) is 12.1 Å². The number of anilines is 1. The first-order valence-electron chi connectivity index (χ1n) is 7.99. The number of hydrogen-bond acceptors (Lipinski definition) is 5. The van der Waals surface area contributed by atoms with Crippen LogP contribution in [0.25, 0.3) is 0 Å². The van der Waals surface area contributed by atoms with Crippen LogP contribution in [0.5, 0.6) is 0 Å². The van der Waals surface area contributed by atoms with Crippen LogP contribution < -0.4 is 4.90 Å². The molecule has 0 atom stereocenters. The monoisotopic (exact) mass is 398 g/mol. The van der Waals surface area contributed by atoms with Crippen molar-refractivity contribution in [3.05, 3.63) is 54.3 Å². The number of sulfonamides is 1. The summed E-state index contributed by atoms with van der Waals surface area (Å²) in [7, 11) is -7.06. The van der Waals surface area contributed by atoms with Crippen molar-refractivity contribution >= 4 is 25.5 Å². The van der Waals surface area contributed by atoms with Gasteiger partial charge in [0.25, 0.3) is 0 Å². The normalized spacial score (nSPS) is 16.6. The Kier molecular flexibility index (Phi) is 5.05. The Morgan fingerprint density at radius 2 is 1.27 bits per heavy atom. The SMILES string of the molecule is CS(=O)(=O)c1ccc(S(=O)(=O)N2CCN(c3ccc(F)cc3)CC2)cc1. The van der Waals surface area contributed by atoms with E-state index >= 15 is 0 Å². The van der Waals surface area contributed by atoms with Gasteiger partial charge in [-0.2, -0.15) is 4.31 Å². The van der Waals surface area contributed by atoms with Crippen molar-refractivity contribution in [3.63, 3.8) is 0 Å². The zero-order chi connectivity index (χ0) is 18.9. The van der Waals surface area contributed by atoms with E-state index < -0.39 is 19.9 Å². The molecule has 0 radical (unpaired) electrons. The smallest absolute Gasteiger partial charge is 0.243 e. The summed E-state index contributed by atoms with van der Waals surface area (Å²) in [6.07, 6.45) is 1.07. The van der Waals surface area contributed by atoms with Gasteiger partial charge in [-0.3, -0.25) is 0 Å². The van der Waals surface area contributed by atoms with Crippen LogP contribution in [0.3, 0.4) is 0 Å². The molecule has 1 saturated heterocycles. The average Bonchev–Trinajstić information content (AvgIpc) is 2.62. The van der Waals surface area contributed by atoms with Crippen molar-refractivity contribution in [3.8, 4) is 0 Å². The first kappa shape index (κ1) is 18.8. The van der Waals surface area contributed by atoms with Crippen LogP contribution in [0.1, 0.15) is 0 Å². The van der Waals surface area contributed by atoms with Gasteiger partial charge in [-0.25, -0.2) is 21.2 Å². The van der Waals surface area contributed by atoms with Gasteiger partial charge in [-0.15, -0.1) is 0 Å². The Balaban J connectivity index is 1.72. The second-order valence-electron chi connectivity index (χ2n) is 6.11. The molecular weight excluding hydrogens is 379 g/mol. The number of benzene rings is 2. The van der Waals surface area contributed by atoms with Gasteiger partial charge in [0.15, 0.2) is 9.84 Å². The zero-order valence-electron chi connectivity index (χ0n) is 14.2. The third-order valence-corrected chi connectivity index (χ3v) is 7.36. The van der Waals surface area contributed by atoms with Gasteiger partial charge in [0.05, 0.1) is 9.79 Å². The molecular formula is C17H19FN2O4S2. The van der Waals surface area contributed by atoms with E-state index in [0.29, 0.717) is 26.2 Å².